The first kappa shape index (κ1) is 18.2. The number of hydrogen-bond donors (Lipinski definition) is 3. The third-order valence-electron chi connectivity index (χ3n) is 5.80. The number of aliphatic hydroxyl groups is 1. The molecule has 2 aliphatic heterocycles. The van der Waals surface area contributed by atoms with Gasteiger partial charge in [-0.25, -0.2) is 5.43 Å². The molecule has 1 fully saturated rings. The summed E-state index contributed by atoms with van der Waals surface area (Å²) >= 11 is 0. The molecule has 2 aromatic rings. The molecule has 3 heterocycles. The molecule has 27 heavy (non-hydrogen) atoms. The van der Waals surface area contributed by atoms with Gasteiger partial charge < -0.3 is 10.5 Å². The number of benzene rings is 1. The lowest BCUT2D eigenvalue weighted by Crippen LogP contribution is -2.42. The Morgan fingerprint density at radius 3 is 2.44 bits per heavy atom. The molecule has 2 aliphatic rings. The fourth-order valence-corrected chi connectivity index (χ4v) is 4.13. The van der Waals surface area contributed by atoms with Crippen LogP contribution in [0.25, 0.3) is 5.57 Å². The minimum absolute atomic E-state index is 0.151. The van der Waals surface area contributed by atoms with Crippen molar-refractivity contribution in [2.75, 3.05) is 19.6 Å². The number of aliphatic hydroxyl groups excluding tert-OH is 1. The van der Waals surface area contributed by atoms with E-state index < -0.39 is 0 Å². The van der Waals surface area contributed by atoms with Gasteiger partial charge in [0.25, 0.3) is 0 Å². The smallest absolute Gasteiger partial charge is 0.0863 e. The van der Waals surface area contributed by atoms with Gasteiger partial charge in [-0.05, 0) is 49.9 Å². The quantitative estimate of drug-likeness (QED) is 0.778. The molecule has 1 atom stereocenters. The minimum atomic E-state index is -0.320. The van der Waals surface area contributed by atoms with Crippen LogP contribution in [0.4, 0.5) is 0 Å². The molecule has 0 radical (unpaired) electrons. The summed E-state index contributed by atoms with van der Waals surface area (Å²) in [6, 6.07) is 12.9. The molecule has 1 aromatic carbocycles. The standard InChI is InChI=1S/C22H28N4O/c1-16-3-5-18(6-4-16)22(2)21(17-7-11-23-12-8-17)20(24-25-22)15-26-13-9-19(27)10-14-26/h3-8,11-12,19,24-25,27H,9-10,13-15H2,1-2H3. The monoisotopic (exact) mass is 364 g/mol. The van der Waals surface area contributed by atoms with Gasteiger partial charge in [-0.15, -0.1) is 0 Å². The molecule has 5 heteroatoms. The van der Waals surface area contributed by atoms with Crippen molar-refractivity contribution in [2.45, 2.75) is 38.3 Å². The lowest BCUT2D eigenvalue weighted by atomic mass is 9.81. The second-order valence-corrected chi connectivity index (χ2v) is 7.84. The number of aromatic nitrogens is 1. The van der Waals surface area contributed by atoms with Crippen LogP contribution in [0.15, 0.2) is 54.5 Å². The average Bonchev–Trinajstić information content (AvgIpc) is 3.02. The highest BCUT2D eigenvalue weighted by molar-refractivity contribution is 5.78. The number of hydrazine groups is 1. The van der Waals surface area contributed by atoms with Crippen LogP contribution in [0.3, 0.4) is 0 Å². The highest BCUT2D eigenvalue weighted by atomic mass is 16.3. The number of piperidine rings is 1. The van der Waals surface area contributed by atoms with E-state index in [0.29, 0.717) is 0 Å². The molecular weight excluding hydrogens is 336 g/mol. The Morgan fingerprint density at radius 2 is 1.78 bits per heavy atom. The van der Waals surface area contributed by atoms with Crippen LogP contribution in [0.1, 0.15) is 36.5 Å². The maximum absolute atomic E-state index is 9.80. The minimum Gasteiger partial charge on any atom is -0.393 e. The number of hydrogen-bond acceptors (Lipinski definition) is 5. The van der Waals surface area contributed by atoms with Crippen molar-refractivity contribution < 1.29 is 5.11 Å². The van der Waals surface area contributed by atoms with E-state index in [1.807, 2.05) is 12.4 Å². The topological polar surface area (TPSA) is 60.4 Å². The Morgan fingerprint density at radius 1 is 1.11 bits per heavy atom. The molecule has 0 aliphatic carbocycles. The van der Waals surface area contributed by atoms with Gasteiger partial charge in [-0.1, -0.05) is 29.8 Å². The molecule has 4 rings (SSSR count). The highest BCUT2D eigenvalue weighted by Crippen LogP contribution is 2.40. The maximum atomic E-state index is 9.80. The van der Waals surface area contributed by atoms with Gasteiger partial charge in [0.05, 0.1) is 11.6 Å². The number of aryl methyl sites for hydroxylation is 1. The van der Waals surface area contributed by atoms with E-state index in [-0.39, 0.29) is 11.6 Å². The molecule has 0 amide bonds. The van der Waals surface area contributed by atoms with Crippen molar-refractivity contribution in [3.05, 3.63) is 71.2 Å². The molecule has 1 unspecified atom stereocenters. The predicted octanol–water partition coefficient (Wildman–Crippen LogP) is 2.58. The van der Waals surface area contributed by atoms with Gasteiger partial charge in [0, 0.05) is 43.3 Å². The van der Waals surface area contributed by atoms with Gasteiger partial charge in [0.2, 0.25) is 0 Å². The second-order valence-electron chi connectivity index (χ2n) is 7.84. The Kier molecular flexibility index (Phi) is 5.00. The predicted molar refractivity (Wildman–Crippen MR) is 108 cm³/mol. The van der Waals surface area contributed by atoms with E-state index in [0.717, 1.165) is 32.5 Å². The van der Waals surface area contributed by atoms with Gasteiger partial charge in [0.1, 0.15) is 0 Å². The Balaban J connectivity index is 1.72. The van der Waals surface area contributed by atoms with Crippen LogP contribution in [0, 0.1) is 6.92 Å². The highest BCUT2D eigenvalue weighted by Gasteiger charge is 2.39. The zero-order chi connectivity index (χ0) is 18.9. The molecule has 0 spiro atoms. The lowest BCUT2D eigenvalue weighted by Gasteiger charge is -2.30. The first-order chi connectivity index (χ1) is 13.1. The number of nitrogens with one attached hydrogen (secondary N) is 2. The van der Waals surface area contributed by atoms with Crippen LogP contribution < -0.4 is 10.9 Å². The van der Waals surface area contributed by atoms with E-state index in [9.17, 15) is 5.11 Å². The van der Waals surface area contributed by atoms with Crippen LogP contribution in [0.5, 0.6) is 0 Å². The summed E-state index contributed by atoms with van der Waals surface area (Å²) in [7, 11) is 0. The molecular formula is C22H28N4O. The number of nitrogens with zero attached hydrogens (tertiary/aromatic N) is 2. The Bertz CT molecular complexity index is 810. The van der Waals surface area contributed by atoms with Crippen molar-refractivity contribution in [3.63, 3.8) is 0 Å². The first-order valence-electron chi connectivity index (χ1n) is 9.71. The third-order valence-corrected chi connectivity index (χ3v) is 5.80. The van der Waals surface area contributed by atoms with Crippen LogP contribution in [-0.2, 0) is 5.54 Å². The van der Waals surface area contributed by atoms with E-state index in [2.05, 4.69) is 71.0 Å². The second kappa shape index (κ2) is 7.43. The first-order valence-corrected chi connectivity index (χ1v) is 9.71. The van der Waals surface area contributed by atoms with Crippen molar-refractivity contribution in [2.24, 2.45) is 0 Å². The average molecular weight is 364 g/mol. The van der Waals surface area contributed by atoms with Crippen molar-refractivity contribution >= 4 is 5.57 Å². The normalized spacial score (nSPS) is 24.3. The van der Waals surface area contributed by atoms with Gasteiger partial charge in [0.15, 0.2) is 0 Å². The van der Waals surface area contributed by atoms with Gasteiger partial charge >= 0.3 is 0 Å². The summed E-state index contributed by atoms with van der Waals surface area (Å²) in [5, 5.41) is 9.80. The van der Waals surface area contributed by atoms with Crippen LogP contribution >= 0.6 is 0 Å². The van der Waals surface area contributed by atoms with Crippen LogP contribution in [-0.4, -0.2) is 40.7 Å². The fourth-order valence-electron chi connectivity index (χ4n) is 4.13. The molecule has 3 N–H and O–H groups in total. The molecule has 142 valence electrons. The maximum Gasteiger partial charge on any atom is 0.0863 e. The fraction of sp³-hybridized carbons (Fsp3) is 0.409. The zero-order valence-corrected chi connectivity index (χ0v) is 16.1. The summed E-state index contributed by atoms with van der Waals surface area (Å²) in [6.45, 7) is 7.04. The third kappa shape index (κ3) is 3.63. The number of rotatable bonds is 4. The molecule has 1 saturated heterocycles. The molecule has 0 saturated carbocycles. The van der Waals surface area contributed by atoms with Crippen LogP contribution in [0.2, 0.25) is 0 Å². The molecule has 5 nitrogen and oxygen atoms in total. The largest absolute Gasteiger partial charge is 0.393 e. The van der Waals surface area contributed by atoms with Crippen molar-refractivity contribution in [1.82, 2.24) is 20.7 Å². The van der Waals surface area contributed by atoms with E-state index in [1.54, 1.807) is 0 Å². The van der Waals surface area contributed by atoms with Crippen molar-refractivity contribution in [3.8, 4) is 0 Å². The lowest BCUT2D eigenvalue weighted by molar-refractivity contribution is 0.0862. The van der Waals surface area contributed by atoms with E-state index in [4.69, 9.17) is 0 Å². The summed E-state index contributed by atoms with van der Waals surface area (Å²) in [5.74, 6) is 0. The van der Waals surface area contributed by atoms with E-state index in [1.165, 1.54) is 28.0 Å². The molecule has 0 bridgehead atoms. The Hall–Kier alpha value is -2.21. The Labute approximate surface area is 161 Å². The summed E-state index contributed by atoms with van der Waals surface area (Å²) in [5.41, 5.74) is 12.8. The molecule has 1 aromatic heterocycles. The summed E-state index contributed by atoms with van der Waals surface area (Å²) in [6.07, 6.45) is 5.25. The van der Waals surface area contributed by atoms with Crippen molar-refractivity contribution in [1.29, 1.82) is 0 Å². The number of likely N-dealkylation sites (tertiary alicyclic amines) is 1. The van der Waals surface area contributed by atoms with Gasteiger partial charge in [-0.3, -0.25) is 9.88 Å². The van der Waals surface area contributed by atoms with E-state index >= 15 is 0 Å². The SMILES string of the molecule is Cc1ccc(C2(C)NNC(CN3CCC(O)CC3)=C2c2ccncc2)cc1. The summed E-state index contributed by atoms with van der Waals surface area (Å²) in [4.78, 5) is 6.61. The zero-order valence-electron chi connectivity index (χ0n) is 16.1. The number of pyridine rings is 1. The summed E-state index contributed by atoms with van der Waals surface area (Å²) < 4.78 is 0. The van der Waals surface area contributed by atoms with Gasteiger partial charge in [-0.2, -0.15) is 0 Å².